The molecule has 1 heteroatoms. The second-order valence-corrected chi connectivity index (χ2v) is 4.20. The third-order valence-electron chi connectivity index (χ3n) is 3.23. The normalized spacial score (nSPS) is 11.2. The lowest BCUT2D eigenvalue weighted by Crippen LogP contribution is -2.29. The van der Waals surface area contributed by atoms with Gasteiger partial charge in [0.25, 0.3) is 0 Å². The van der Waals surface area contributed by atoms with Gasteiger partial charge in [0.2, 0.25) is 0 Å². The maximum Gasteiger partial charge on any atom is 0.0924 e. The predicted octanol–water partition coefficient (Wildman–Crippen LogP) is 4.22. The number of rotatable bonds is 8. The Kier molecular flexibility index (Phi) is 7.46. The van der Waals surface area contributed by atoms with Gasteiger partial charge in [-0.25, -0.2) is 0 Å². The summed E-state index contributed by atoms with van der Waals surface area (Å²) < 4.78 is 0. The molecule has 0 bridgehead atoms. The molecule has 0 amide bonds. The van der Waals surface area contributed by atoms with Crippen molar-refractivity contribution < 1.29 is 5.11 Å². The summed E-state index contributed by atoms with van der Waals surface area (Å²) in [6.45, 7) is 9.95. The molecule has 0 fully saturated rings. The van der Waals surface area contributed by atoms with Gasteiger partial charge in [-0.2, -0.15) is 0 Å². The molecule has 0 aliphatic rings. The first-order chi connectivity index (χ1) is 7.14. The fourth-order valence-electron chi connectivity index (χ4n) is 1.89. The summed E-state index contributed by atoms with van der Waals surface area (Å²) in [6.07, 6.45) is 7.38. The van der Waals surface area contributed by atoms with Crippen LogP contribution in [-0.4, -0.2) is 10.7 Å². The molecule has 0 radical (unpaired) electrons. The minimum absolute atomic E-state index is 0.659. The van der Waals surface area contributed by atoms with E-state index in [-0.39, 0.29) is 0 Å². The standard InChI is InChI=1S/C14H26O/c1-5-9-10-11-12-13(6-2)14(15,7-3)8-4/h15H,2,5,7-12H2,1,3-4H3. The summed E-state index contributed by atoms with van der Waals surface area (Å²) in [5.41, 5.74) is 3.28. The van der Waals surface area contributed by atoms with E-state index in [9.17, 15) is 5.11 Å². The average Bonchev–Trinajstić information content (AvgIpc) is 2.28. The molecular formula is C14H26O. The zero-order chi connectivity index (χ0) is 11.7. The zero-order valence-electron chi connectivity index (χ0n) is 10.6. The van der Waals surface area contributed by atoms with Crippen LogP contribution in [0.2, 0.25) is 0 Å². The molecule has 0 unspecified atom stereocenters. The average molecular weight is 210 g/mol. The smallest absolute Gasteiger partial charge is 0.0924 e. The highest BCUT2D eigenvalue weighted by Crippen LogP contribution is 2.28. The van der Waals surface area contributed by atoms with Crippen molar-refractivity contribution in [3.05, 3.63) is 17.9 Å². The first kappa shape index (κ1) is 14.5. The lowest BCUT2D eigenvalue weighted by molar-refractivity contribution is 0.0665. The highest BCUT2D eigenvalue weighted by molar-refractivity contribution is 5.14. The number of hydrogen-bond acceptors (Lipinski definition) is 1. The van der Waals surface area contributed by atoms with Gasteiger partial charge >= 0.3 is 0 Å². The maximum atomic E-state index is 10.3. The van der Waals surface area contributed by atoms with Crippen molar-refractivity contribution in [2.45, 2.75) is 71.3 Å². The van der Waals surface area contributed by atoms with E-state index >= 15 is 0 Å². The van der Waals surface area contributed by atoms with Gasteiger partial charge < -0.3 is 5.11 Å². The van der Waals surface area contributed by atoms with Crippen LogP contribution in [0.3, 0.4) is 0 Å². The molecule has 1 N–H and O–H groups in total. The van der Waals surface area contributed by atoms with Gasteiger partial charge in [0.1, 0.15) is 0 Å². The van der Waals surface area contributed by atoms with Crippen molar-refractivity contribution in [2.24, 2.45) is 0 Å². The second-order valence-electron chi connectivity index (χ2n) is 4.20. The van der Waals surface area contributed by atoms with Gasteiger partial charge in [0.05, 0.1) is 5.60 Å². The van der Waals surface area contributed by atoms with E-state index in [1.54, 1.807) is 0 Å². The van der Waals surface area contributed by atoms with Crippen LogP contribution in [0.15, 0.2) is 17.9 Å². The summed E-state index contributed by atoms with van der Waals surface area (Å²) >= 11 is 0. The van der Waals surface area contributed by atoms with E-state index in [0.717, 1.165) is 31.3 Å². The molecule has 0 atom stereocenters. The van der Waals surface area contributed by atoms with Gasteiger partial charge in [-0.05, 0) is 25.7 Å². The summed E-state index contributed by atoms with van der Waals surface area (Å²) in [6, 6.07) is 0. The first-order valence-electron chi connectivity index (χ1n) is 6.26. The summed E-state index contributed by atoms with van der Waals surface area (Å²) in [5, 5.41) is 10.3. The van der Waals surface area contributed by atoms with Crippen molar-refractivity contribution in [2.75, 3.05) is 0 Å². The fourth-order valence-corrected chi connectivity index (χ4v) is 1.89. The second kappa shape index (κ2) is 7.73. The van der Waals surface area contributed by atoms with Crippen LogP contribution in [-0.2, 0) is 0 Å². The van der Waals surface area contributed by atoms with Crippen molar-refractivity contribution >= 4 is 0 Å². The van der Waals surface area contributed by atoms with E-state index in [2.05, 4.69) is 19.2 Å². The van der Waals surface area contributed by atoms with E-state index in [1.165, 1.54) is 19.3 Å². The minimum Gasteiger partial charge on any atom is -0.385 e. The van der Waals surface area contributed by atoms with Crippen molar-refractivity contribution in [1.29, 1.82) is 0 Å². The van der Waals surface area contributed by atoms with E-state index in [0.29, 0.717) is 0 Å². The van der Waals surface area contributed by atoms with E-state index in [4.69, 9.17) is 0 Å². The zero-order valence-corrected chi connectivity index (χ0v) is 10.6. The van der Waals surface area contributed by atoms with Gasteiger partial charge in [-0.15, -0.1) is 5.73 Å². The van der Waals surface area contributed by atoms with Crippen LogP contribution in [0.5, 0.6) is 0 Å². The molecule has 0 aromatic carbocycles. The van der Waals surface area contributed by atoms with Gasteiger partial charge in [-0.3, -0.25) is 0 Å². The Labute approximate surface area is 94.9 Å². The molecule has 0 aliphatic heterocycles. The molecule has 0 aromatic rings. The largest absolute Gasteiger partial charge is 0.385 e. The van der Waals surface area contributed by atoms with Gasteiger partial charge in [-0.1, -0.05) is 46.6 Å². The number of hydrogen-bond donors (Lipinski definition) is 1. The Morgan fingerprint density at radius 1 is 1.13 bits per heavy atom. The van der Waals surface area contributed by atoms with E-state index < -0.39 is 5.60 Å². The molecular weight excluding hydrogens is 184 g/mol. The Morgan fingerprint density at radius 3 is 2.13 bits per heavy atom. The van der Waals surface area contributed by atoms with Crippen LogP contribution in [0.4, 0.5) is 0 Å². The fraction of sp³-hybridized carbons (Fsp3) is 0.786. The first-order valence-corrected chi connectivity index (χ1v) is 6.26. The lowest BCUT2D eigenvalue weighted by atomic mass is 9.85. The van der Waals surface area contributed by atoms with Crippen LogP contribution in [0.1, 0.15) is 65.7 Å². The molecule has 0 spiro atoms. The molecule has 15 heavy (non-hydrogen) atoms. The Balaban J connectivity index is 4.20. The molecule has 0 heterocycles. The third-order valence-corrected chi connectivity index (χ3v) is 3.23. The third kappa shape index (κ3) is 4.68. The Morgan fingerprint density at radius 2 is 1.73 bits per heavy atom. The number of unbranched alkanes of at least 4 members (excludes halogenated alkanes) is 3. The van der Waals surface area contributed by atoms with Crippen LogP contribution in [0, 0.1) is 0 Å². The highest BCUT2D eigenvalue weighted by atomic mass is 16.3. The molecule has 0 rings (SSSR count). The molecule has 0 saturated carbocycles. The SMILES string of the molecule is C=C=C(CCCCCC)C(O)(CC)CC. The highest BCUT2D eigenvalue weighted by Gasteiger charge is 2.26. The quantitative estimate of drug-likeness (QED) is 0.470. The summed E-state index contributed by atoms with van der Waals surface area (Å²) in [7, 11) is 0. The monoisotopic (exact) mass is 210 g/mol. The van der Waals surface area contributed by atoms with Crippen LogP contribution in [0.25, 0.3) is 0 Å². The molecule has 88 valence electrons. The van der Waals surface area contributed by atoms with E-state index in [1.807, 2.05) is 13.8 Å². The Hall–Kier alpha value is -0.520. The topological polar surface area (TPSA) is 20.2 Å². The molecule has 1 nitrogen and oxygen atoms in total. The van der Waals surface area contributed by atoms with Crippen molar-refractivity contribution in [3.63, 3.8) is 0 Å². The maximum absolute atomic E-state index is 10.3. The number of aliphatic hydroxyl groups is 1. The van der Waals surface area contributed by atoms with Gasteiger partial charge in [0, 0.05) is 5.57 Å². The van der Waals surface area contributed by atoms with Crippen molar-refractivity contribution in [3.8, 4) is 0 Å². The van der Waals surface area contributed by atoms with Gasteiger partial charge in [0.15, 0.2) is 0 Å². The van der Waals surface area contributed by atoms with Crippen molar-refractivity contribution in [1.82, 2.24) is 0 Å². The lowest BCUT2D eigenvalue weighted by Gasteiger charge is -2.27. The molecule has 0 saturated heterocycles. The summed E-state index contributed by atoms with van der Waals surface area (Å²) in [4.78, 5) is 0. The molecule has 0 aromatic heterocycles. The predicted molar refractivity (Wildman–Crippen MR) is 66.9 cm³/mol. The minimum atomic E-state index is -0.659. The van der Waals surface area contributed by atoms with Crippen LogP contribution < -0.4 is 0 Å². The van der Waals surface area contributed by atoms with Crippen LogP contribution >= 0.6 is 0 Å². The summed E-state index contributed by atoms with van der Waals surface area (Å²) in [5.74, 6) is 0. The molecule has 0 aliphatic carbocycles. The Bertz CT molecular complexity index is 207.